The van der Waals surface area contributed by atoms with Crippen LogP contribution in [0.3, 0.4) is 0 Å². The molecule has 1 unspecified atom stereocenters. The first-order chi connectivity index (χ1) is 15.6. The topological polar surface area (TPSA) is 49.4 Å². The van der Waals surface area contributed by atoms with Gasteiger partial charge in [-0.15, -0.1) is 11.8 Å². The van der Waals surface area contributed by atoms with Crippen molar-refractivity contribution in [1.29, 1.82) is 0 Å². The lowest BCUT2D eigenvalue weighted by Crippen LogP contribution is -2.50. The van der Waals surface area contributed by atoms with Crippen molar-refractivity contribution in [2.75, 3.05) is 12.8 Å². The van der Waals surface area contributed by atoms with Gasteiger partial charge in [0, 0.05) is 25.8 Å². The summed E-state index contributed by atoms with van der Waals surface area (Å²) in [6.07, 6.45) is 0.474. The molecule has 0 saturated heterocycles. The fourth-order valence-electron chi connectivity index (χ4n) is 3.60. The molecule has 0 heterocycles. The summed E-state index contributed by atoms with van der Waals surface area (Å²) in [6.45, 7) is 2.48. The minimum Gasteiger partial charge on any atom is -0.357 e. The van der Waals surface area contributed by atoms with Crippen LogP contribution in [0.2, 0.25) is 0 Å². The predicted octanol–water partition coefficient (Wildman–Crippen LogP) is 4.61. The molecule has 0 fully saturated rings. The Balaban J connectivity index is 1.79. The average molecular weight is 447 g/mol. The van der Waals surface area contributed by atoms with Crippen LogP contribution in [0, 0.1) is 6.92 Å². The molecule has 1 atom stereocenters. The van der Waals surface area contributed by atoms with E-state index in [1.165, 1.54) is 11.1 Å². The minimum absolute atomic E-state index is 0.0306. The van der Waals surface area contributed by atoms with Gasteiger partial charge in [0.05, 0.1) is 5.75 Å². The Morgan fingerprint density at radius 1 is 0.875 bits per heavy atom. The van der Waals surface area contributed by atoms with E-state index in [0.717, 1.165) is 16.9 Å². The average Bonchev–Trinajstić information content (AvgIpc) is 2.83. The van der Waals surface area contributed by atoms with Crippen LogP contribution in [-0.2, 0) is 28.3 Å². The third-order valence-corrected chi connectivity index (χ3v) is 6.42. The van der Waals surface area contributed by atoms with Crippen LogP contribution >= 0.6 is 11.8 Å². The van der Waals surface area contributed by atoms with Crippen molar-refractivity contribution in [3.05, 3.63) is 107 Å². The summed E-state index contributed by atoms with van der Waals surface area (Å²) < 4.78 is 0. The third-order valence-electron chi connectivity index (χ3n) is 5.46. The molecule has 166 valence electrons. The number of carbonyl (C=O) groups excluding carboxylic acids is 2. The van der Waals surface area contributed by atoms with Crippen molar-refractivity contribution in [3.63, 3.8) is 0 Å². The summed E-state index contributed by atoms with van der Waals surface area (Å²) in [4.78, 5) is 28.0. The fraction of sp³-hybridized carbons (Fsp3) is 0.259. The highest BCUT2D eigenvalue weighted by atomic mass is 32.2. The van der Waals surface area contributed by atoms with Crippen LogP contribution in [0.1, 0.15) is 22.3 Å². The van der Waals surface area contributed by atoms with Crippen LogP contribution in [0.25, 0.3) is 0 Å². The summed E-state index contributed by atoms with van der Waals surface area (Å²) in [7, 11) is 1.62. The highest BCUT2D eigenvalue weighted by Gasteiger charge is 2.29. The number of aryl methyl sites for hydroxylation is 1. The first kappa shape index (κ1) is 23.6. The number of carbonyl (C=O) groups is 2. The Kier molecular flexibility index (Phi) is 8.93. The van der Waals surface area contributed by atoms with Gasteiger partial charge in [-0.25, -0.2) is 0 Å². The number of hydrogen-bond acceptors (Lipinski definition) is 3. The molecule has 0 bridgehead atoms. The number of likely N-dealkylation sites (N-methyl/N-ethyl adjacent to an activating group) is 1. The molecule has 0 saturated carbocycles. The smallest absolute Gasteiger partial charge is 0.242 e. The largest absolute Gasteiger partial charge is 0.357 e. The zero-order valence-electron chi connectivity index (χ0n) is 18.7. The van der Waals surface area contributed by atoms with Crippen LogP contribution in [0.4, 0.5) is 0 Å². The highest BCUT2D eigenvalue weighted by molar-refractivity contribution is 7.99. The molecule has 4 nitrogen and oxygen atoms in total. The van der Waals surface area contributed by atoms with Gasteiger partial charge >= 0.3 is 0 Å². The van der Waals surface area contributed by atoms with E-state index in [1.54, 1.807) is 23.7 Å². The molecule has 0 aromatic heterocycles. The van der Waals surface area contributed by atoms with Gasteiger partial charge in [0.1, 0.15) is 6.04 Å². The fourth-order valence-corrected chi connectivity index (χ4v) is 4.59. The van der Waals surface area contributed by atoms with Gasteiger partial charge in [0.15, 0.2) is 0 Å². The van der Waals surface area contributed by atoms with E-state index in [1.807, 2.05) is 72.8 Å². The van der Waals surface area contributed by atoms with Crippen molar-refractivity contribution < 1.29 is 9.59 Å². The van der Waals surface area contributed by atoms with Gasteiger partial charge < -0.3 is 10.2 Å². The molecule has 0 aliphatic rings. The molecule has 1 N–H and O–H groups in total. The standard InChI is InChI=1S/C27H30N2O2S/c1-21-11-9-10-16-24(21)19-32-20-26(30)29(18-23-14-7-4-8-15-23)25(27(31)28-2)17-22-12-5-3-6-13-22/h3-16,25H,17-20H2,1-2H3,(H,28,31). The van der Waals surface area contributed by atoms with E-state index < -0.39 is 6.04 Å². The number of hydrogen-bond donors (Lipinski definition) is 1. The molecule has 32 heavy (non-hydrogen) atoms. The molecule has 0 radical (unpaired) electrons. The summed E-state index contributed by atoms with van der Waals surface area (Å²) >= 11 is 1.59. The summed E-state index contributed by atoms with van der Waals surface area (Å²) in [5, 5.41) is 2.76. The number of benzene rings is 3. The SMILES string of the molecule is CNC(=O)C(Cc1ccccc1)N(Cc1ccccc1)C(=O)CSCc1ccccc1C. The quantitative estimate of drug-likeness (QED) is 0.495. The molecular formula is C27H30N2O2S. The summed E-state index contributed by atoms with van der Waals surface area (Å²) in [5.74, 6) is 0.906. The number of nitrogens with one attached hydrogen (secondary N) is 1. The van der Waals surface area contributed by atoms with E-state index in [-0.39, 0.29) is 11.8 Å². The van der Waals surface area contributed by atoms with Crippen molar-refractivity contribution in [3.8, 4) is 0 Å². The second-order valence-corrected chi connectivity index (χ2v) is 8.73. The predicted molar refractivity (Wildman–Crippen MR) is 132 cm³/mol. The van der Waals surface area contributed by atoms with Gasteiger partial charge in [-0.2, -0.15) is 0 Å². The summed E-state index contributed by atoms with van der Waals surface area (Å²) in [5.41, 5.74) is 4.49. The van der Waals surface area contributed by atoms with Gasteiger partial charge in [-0.1, -0.05) is 84.9 Å². The maximum atomic E-state index is 13.4. The van der Waals surface area contributed by atoms with Gasteiger partial charge in [0.25, 0.3) is 0 Å². The lowest BCUT2D eigenvalue weighted by Gasteiger charge is -2.31. The lowest BCUT2D eigenvalue weighted by molar-refractivity contribution is -0.139. The maximum absolute atomic E-state index is 13.4. The van der Waals surface area contributed by atoms with Crippen molar-refractivity contribution in [2.24, 2.45) is 0 Å². The Bertz CT molecular complexity index is 1010. The monoisotopic (exact) mass is 446 g/mol. The normalized spacial score (nSPS) is 11.6. The Morgan fingerprint density at radius 2 is 1.47 bits per heavy atom. The van der Waals surface area contributed by atoms with Gasteiger partial charge in [-0.05, 0) is 29.2 Å². The van der Waals surface area contributed by atoms with Crippen molar-refractivity contribution >= 4 is 23.6 Å². The van der Waals surface area contributed by atoms with Crippen LogP contribution in [-0.4, -0.2) is 35.6 Å². The lowest BCUT2D eigenvalue weighted by atomic mass is 10.0. The first-order valence-corrected chi connectivity index (χ1v) is 11.9. The second kappa shape index (κ2) is 12.1. The van der Waals surface area contributed by atoms with Gasteiger partial charge in [-0.3, -0.25) is 9.59 Å². The van der Waals surface area contributed by atoms with Crippen LogP contribution < -0.4 is 5.32 Å². The second-order valence-electron chi connectivity index (χ2n) is 7.75. The van der Waals surface area contributed by atoms with Crippen LogP contribution in [0.15, 0.2) is 84.9 Å². The minimum atomic E-state index is -0.575. The Hall–Kier alpha value is -3.05. The van der Waals surface area contributed by atoms with E-state index in [9.17, 15) is 9.59 Å². The first-order valence-electron chi connectivity index (χ1n) is 10.8. The van der Waals surface area contributed by atoms with Crippen molar-refractivity contribution in [1.82, 2.24) is 10.2 Å². The molecule has 2 amide bonds. The van der Waals surface area contributed by atoms with E-state index in [4.69, 9.17) is 0 Å². The summed E-state index contributed by atoms with van der Waals surface area (Å²) in [6, 6.07) is 27.3. The van der Waals surface area contributed by atoms with E-state index in [0.29, 0.717) is 18.7 Å². The van der Waals surface area contributed by atoms with Crippen molar-refractivity contribution in [2.45, 2.75) is 31.7 Å². The Morgan fingerprint density at radius 3 is 2.09 bits per heavy atom. The van der Waals surface area contributed by atoms with E-state index >= 15 is 0 Å². The molecule has 0 aliphatic heterocycles. The number of amides is 2. The van der Waals surface area contributed by atoms with Crippen LogP contribution in [0.5, 0.6) is 0 Å². The molecule has 0 aliphatic carbocycles. The molecule has 3 aromatic rings. The van der Waals surface area contributed by atoms with E-state index in [2.05, 4.69) is 24.4 Å². The Labute approximate surface area is 195 Å². The number of thioether (sulfide) groups is 1. The zero-order valence-corrected chi connectivity index (χ0v) is 19.5. The highest BCUT2D eigenvalue weighted by Crippen LogP contribution is 2.19. The maximum Gasteiger partial charge on any atom is 0.242 e. The molecule has 3 rings (SSSR count). The molecule has 3 aromatic carbocycles. The van der Waals surface area contributed by atoms with Gasteiger partial charge in [0.2, 0.25) is 11.8 Å². The number of nitrogens with zero attached hydrogens (tertiary/aromatic N) is 1. The molecule has 5 heteroatoms. The molecular weight excluding hydrogens is 416 g/mol. The number of rotatable bonds is 10. The molecule has 0 spiro atoms. The third kappa shape index (κ3) is 6.72. The zero-order chi connectivity index (χ0) is 22.8.